The minimum Gasteiger partial charge on any atom is -0.477 e. The second-order valence-electron chi connectivity index (χ2n) is 3.15. The third-order valence-corrected chi connectivity index (χ3v) is 3.11. The van der Waals surface area contributed by atoms with E-state index in [-0.39, 0.29) is 0 Å². The van der Waals surface area contributed by atoms with Gasteiger partial charge in [0.1, 0.15) is 5.69 Å². The Kier molecular flexibility index (Phi) is 2.75. The fraction of sp³-hybridized carbons (Fsp3) is 0.300. The molecular weight excluding hydrogens is 214 g/mol. The van der Waals surface area contributed by atoms with Crippen LogP contribution < -0.4 is 0 Å². The highest BCUT2D eigenvalue weighted by atomic mass is 32.1. The van der Waals surface area contributed by atoms with E-state index < -0.39 is 5.97 Å². The number of aromatic carboxylic acids is 1. The van der Waals surface area contributed by atoms with Crippen molar-refractivity contribution >= 4 is 27.5 Å². The highest BCUT2D eigenvalue weighted by Crippen LogP contribution is 2.25. The van der Waals surface area contributed by atoms with E-state index in [1.807, 2.05) is 11.4 Å². The molecule has 80 valence electrons. The lowest BCUT2D eigenvalue weighted by molar-refractivity contribution is 0.0683. The predicted molar refractivity (Wildman–Crippen MR) is 58.7 cm³/mol. The van der Waals surface area contributed by atoms with Gasteiger partial charge in [-0.05, 0) is 17.5 Å². The van der Waals surface area contributed by atoms with Gasteiger partial charge in [-0.3, -0.25) is 0 Å². The summed E-state index contributed by atoms with van der Waals surface area (Å²) in [4.78, 5) is 11.0. The standard InChI is InChI=1S/C10H11NO3S/c1-14-4-3-11-7-2-5-15-9(7)6-8(11)10(12)13/h2,5-6H,3-4H2,1H3,(H,12,13). The van der Waals surface area contributed by atoms with E-state index >= 15 is 0 Å². The molecule has 0 saturated carbocycles. The Bertz CT molecular complexity index is 486. The number of rotatable bonds is 4. The molecule has 0 aliphatic carbocycles. The van der Waals surface area contributed by atoms with Gasteiger partial charge in [-0.25, -0.2) is 4.79 Å². The zero-order chi connectivity index (χ0) is 10.8. The summed E-state index contributed by atoms with van der Waals surface area (Å²) in [7, 11) is 1.61. The average molecular weight is 225 g/mol. The number of carboxylic acids is 1. The fourth-order valence-electron chi connectivity index (χ4n) is 1.58. The van der Waals surface area contributed by atoms with Gasteiger partial charge in [-0.1, -0.05) is 0 Å². The Morgan fingerprint density at radius 2 is 2.47 bits per heavy atom. The number of ether oxygens (including phenoxy) is 1. The molecule has 0 amide bonds. The van der Waals surface area contributed by atoms with Crippen molar-refractivity contribution in [2.45, 2.75) is 6.54 Å². The van der Waals surface area contributed by atoms with Gasteiger partial charge in [-0.2, -0.15) is 0 Å². The lowest BCUT2D eigenvalue weighted by Crippen LogP contribution is -2.11. The summed E-state index contributed by atoms with van der Waals surface area (Å²) in [5, 5.41) is 11.0. The summed E-state index contributed by atoms with van der Waals surface area (Å²) in [5.41, 5.74) is 1.29. The number of carbonyl (C=O) groups is 1. The quantitative estimate of drug-likeness (QED) is 0.866. The molecule has 5 heteroatoms. The van der Waals surface area contributed by atoms with Crippen LogP contribution in [0.3, 0.4) is 0 Å². The number of hydrogen-bond donors (Lipinski definition) is 1. The number of thiophene rings is 1. The van der Waals surface area contributed by atoms with Crippen molar-refractivity contribution in [2.75, 3.05) is 13.7 Å². The van der Waals surface area contributed by atoms with E-state index in [9.17, 15) is 4.79 Å². The van der Waals surface area contributed by atoms with Crippen LogP contribution in [0.1, 0.15) is 10.5 Å². The van der Waals surface area contributed by atoms with Crippen molar-refractivity contribution in [3.63, 3.8) is 0 Å². The Balaban J connectivity index is 2.48. The van der Waals surface area contributed by atoms with Crippen molar-refractivity contribution in [2.24, 2.45) is 0 Å². The summed E-state index contributed by atoms with van der Waals surface area (Å²) in [6, 6.07) is 3.64. The third-order valence-electron chi connectivity index (χ3n) is 2.26. The molecule has 15 heavy (non-hydrogen) atoms. The van der Waals surface area contributed by atoms with E-state index in [4.69, 9.17) is 9.84 Å². The Labute approximate surface area is 90.7 Å². The van der Waals surface area contributed by atoms with Crippen LogP contribution in [0.2, 0.25) is 0 Å². The highest BCUT2D eigenvalue weighted by Gasteiger charge is 2.14. The van der Waals surface area contributed by atoms with Gasteiger partial charge in [0.25, 0.3) is 0 Å². The van der Waals surface area contributed by atoms with Gasteiger partial charge in [0, 0.05) is 13.7 Å². The van der Waals surface area contributed by atoms with E-state index in [1.54, 1.807) is 29.1 Å². The number of aromatic nitrogens is 1. The highest BCUT2D eigenvalue weighted by molar-refractivity contribution is 7.17. The van der Waals surface area contributed by atoms with Crippen LogP contribution in [-0.2, 0) is 11.3 Å². The first kappa shape index (κ1) is 10.2. The summed E-state index contributed by atoms with van der Waals surface area (Å²) in [6.07, 6.45) is 0. The summed E-state index contributed by atoms with van der Waals surface area (Å²) in [6.45, 7) is 1.08. The SMILES string of the molecule is COCCn1c(C(=O)O)cc2sccc21. The second kappa shape index (κ2) is 4.04. The van der Waals surface area contributed by atoms with Gasteiger partial charge >= 0.3 is 5.97 Å². The molecule has 0 spiro atoms. The summed E-state index contributed by atoms with van der Waals surface area (Å²) < 4.78 is 7.74. The van der Waals surface area contributed by atoms with Gasteiger partial charge < -0.3 is 14.4 Å². The van der Waals surface area contributed by atoms with E-state index in [0.29, 0.717) is 18.8 Å². The Morgan fingerprint density at radius 1 is 1.67 bits per heavy atom. The molecule has 2 aromatic rings. The summed E-state index contributed by atoms with van der Waals surface area (Å²) in [5.74, 6) is -0.894. The molecule has 0 aromatic carbocycles. The van der Waals surface area contributed by atoms with Crippen molar-refractivity contribution in [3.05, 3.63) is 23.2 Å². The van der Waals surface area contributed by atoms with Crippen LogP contribution in [0.15, 0.2) is 17.5 Å². The molecule has 2 heterocycles. The van der Waals surface area contributed by atoms with Gasteiger partial charge in [-0.15, -0.1) is 11.3 Å². The molecule has 2 rings (SSSR count). The zero-order valence-corrected chi connectivity index (χ0v) is 9.08. The summed E-state index contributed by atoms with van der Waals surface area (Å²) >= 11 is 1.55. The maximum Gasteiger partial charge on any atom is 0.352 e. The molecule has 0 bridgehead atoms. The molecule has 2 aromatic heterocycles. The van der Waals surface area contributed by atoms with E-state index in [0.717, 1.165) is 10.2 Å². The molecule has 4 nitrogen and oxygen atoms in total. The third kappa shape index (κ3) is 1.75. The largest absolute Gasteiger partial charge is 0.477 e. The van der Waals surface area contributed by atoms with Crippen molar-refractivity contribution < 1.29 is 14.6 Å². The van der Waals surface area contributed by atoms with Crippen LogP contribution in [0.5, 0.6) is 0 Å². The van der Waals surface area contributed by atoms with Crippen molar-refractivity contribution in [1.29, 1.82) is 0 Å². The number of nitrogens with zero attached hydrogens (tertiary/aromatic N) is 1. The van der Waals surface area contributed by atoms with Crippen LogP contribution in [-0.4, -0.2) is 29.4 Å². The fourth-order valence-corrected chi connectivity index (χ4v) is 2.40. The Morgan fingerprint density at radius 3 is 3.13 bits per heavy atom. The predicted octanol–water partition coefficient (Wildman–Crippen LogP) is 2.05. The first-order valence-corrected chi connectivity index (χ1v) is 5.41. The second-order valence-corrected chi connectivity index (χ2v) is 4.10. The first-order chi connectivity index (χ1) is 7.24. The number of hydrogen-bond acceptors (Lipinski definition) is 3. The molecule has 0 fully saturated rings. The average Bonchev–Trinajstić information content (AvgIpc) is 2.74. The van der Waals surface area contributed by atoms with Gasteiger partial charge in [0.15, 0.2) is 0 Å². The minimum absolute atomic E-state index is 0.328. The minimum atomic E-state index is -0.894. The van der Waals surface area contributed by atoms with Gasteiger partial charge in [0.2, 0.25) is 0 Å². The molecule has 1 N–H and O–H groups in total. The molecule has 0 radical (unpaired) electrons. The van der Waals surface area contributed by atoms with E-state index in [2.05, 4.69) is 0 Å². The van der Waals surface area contributed by atoms with E-state index in [1.165, 1.54) is 0 Å². The van der Waals surface area contributed by atoms with Crippen LogP contribution in [0.25, 0.3) is 10.2 Å². The smallest absolute Gasteiger partial charge is 0.352 e. The maximum atomic E-state index is 11.0. The van der Waals surface area contributed by atoms with Crippen LogP contribution >= 0.6 is 11.3 Å². The normalized spacial score (nSPS) is 11.0. The maximum absolute atomic E-state index is 11.0. The molecule has 0 saturated heterocycles. The van der Waals surface area contributed by atoms with Crippen LogP contribution in [0, 0.1) is 0 Å². The number of methoxy groups -OCH3 is 1. The molecule has 0 unspecified atom stereocenters. The zero-order valence-electron chi connectivity index (χ0n) is 8.27. The molecule has 0 atom stereocenters. The van der Waals surface area contributed by atoms with Crippen molar-refractivity contribution in [3.8, 4) is 0 Å². The lowest BCUT2D eigenvalue weighted by Gasteiger charge is -2.05. The Hall–Kier alpha value is -1.33. The molecule has 0 aliphatic heterocycles. The van der Waals surface area contributed by atoms with Gasteiger partial charge in [0.05, 0.1) is 16.8 Å². The lowest BCUT2D eigenvalue weighted by atomic mass is 10.4. The number of carboxylic acid groups (broad SMARTS) is 1. The molecule has 0 aliphatic rings. The topological polar surface area (TPSA) is 51.5 Å². The number of fused-ring (bicyclic) bond motifs is 1. The monoisotopic (exact) mass is 225 g/mol. The van der Waals surface area contributed by atoms with Crippen molar-refractivity contribution in [1.82, 2.24) is 4.57 Å². The molecular formula is C10H11NO3S. The first-order valence-electron chi connectivity index (χ1n) is 4.53. The van der Waals surface area contributed by atoms with Crippen LogP contribution in [0.4, 0.5) is 0 Å².